The topological polar surface area (TPSA) is 41.6 Å². The van der Waals surface area contributed by atoms with Crippen LogP contribution < -0.4 is 5.32 Å². The lowest BCUT2D eigenvalue weighted by atomic mass is 9.99. The van der Waals surface area contributed by atoms with Crippen LogP contribution in [0.3, 0.4) is 0 Å². The smallest absolute Gasteiger partial charge is 0.407 e. The Kier molecular flexibility index (Phi) is 3.54. The normalized spacial score (nSPS) is 29.8. The van der Waals surface area contributed by atoms with Gasteiger partial charge in [-0.05, 0) is 26.8 Å². The molecule has 1 aliphatic heterocycles. The zero-order valence-corrected chi connectivity index (χ0v) is 8.54. The van der Waals surface area contributed by atoms with Crippen molar-refractivity contribution in [3.8, 4) is 0 Å². The molecule has 1 saturated heterocycles. The first kappa shape index (κ1) is 10.3. The average Bonchev–Trinajstić information content (AvgIpc) is 2.11. The molecule has 0 aromatic rings. The number of hydrogen-bond donors (Lipinski definition) is 1. The van der Waals surface area contributed by atoms with Crippen molar-refractivity contribution in [2.45, 2.75) is 31.8 Å². The van der Waals surface area contributed by atoms with Crippen LogP contribution in [0.4, 0.5) is 4.79 Å². The molecule has 0 aromatic carbocycles. The summed E-state index contributed by atoms with van der Waals surface area (Å²) in [6.45, 7) is 3.21. The Balaban J connectivity index is 2.33. The number of piperidine rings is 1. The number of amides is 1. The molecule has 0 aliphatic carbocycles. The minimum Gasteiger partial charge on any atom is -0.453 e. The number of carbonyl (C=O) groups is 1. The number of ether oxygens (including phenoxy) is 1. The predicted molar refractivity (Wildman–Crippen MR) is 50.7 cm³/mol. The molecule has 0 saturated carbocycles. The van der Waals surface area contributed by atoms with E-state index in [2.05, 4.69) is 28.9 Å². The second kappa shape index (κ2) is 4.46. The molecular weight excluding hydrogens is 168 g/mol. The fourth-order valence-electron chi connectivity index (χ4n) is 1.65. The third-order valence-corrected chi connectivity index (χ3v) is 2.72. The molecule has 4 nitrogen and oxygen atoms in total. The number of nitrogens with zero attached hydrogens (tertiary/aromatic N) is 1. The molecule has 1 aliphatic rings. The first-order valence-corrected chi connectivity index (χ1v) is 4.68. The molecule has 1 rings (SSSR count). The lowest BCUT2D eigenvalue weighted by molar-refractivity contribution is 0.141. The van der Waals surface area contributed by atoms with Gasteiger partial charge in [0.05, 0.1) is 7.11 Å². The van der Waals surface area contributed by atoms with Crippen molar-refractivity contribution in [2.24, 2.45) is 0 Å². The van der Waals surface area contributed by atoms with Crippen LogP contribution >= 0.6 is 0 Å². The van der Waals surface area contributed by atoms with Crippen molar-refractivity contribution in [1.29, 1.82) is 0 Å². The fraction of sp³-hybridized carbons (Fsp3) is 0.889. The number of likely N-dealkylation sites (tertiary alicyclic amines) is 1. The van der Waals surface area contributed by atoms with Crippen LogP contribution in [-0.2, 0) is 4.74 Å². The lowest BCUT2D eigenvalue weighted by Gasteiger charge is -2.34. The van der Waals surface area contributed by atoms with E-state index in [-0.39, 0.29) is 12.1 Å². The van der Waals surface area contributed by atoms with E-state index in [1.807, 2.05) is 0 Å². The van der Waals surface area contributed by atoms with E-state index in [0.29, 0.717) is 6.04 Å². The van der Waals surface area contributed by atoms with E-state index in [0.717, 1.165) is 19.4 Å². The molecular formula is C9H18N2O2. The van der Waals surface area contributed by atoms with Crippen LogP contribution in [-0.4, -0.2) is 43.8 Å². The molecule has 1 N–H and O–H groups in total. The van der Waals surface area contributed by atoms with Gasteiger partial charge in [0.2, 0.25) is 0 Å². The molecule has 1 heterocycles. The van der Waals surface area contributed by atoms with Gasteiger partial charge in [0.15, 0.2) is 0 Å². The molecule has 1 amide bonds. The molecule has 2 unspecified atom stereocenters. The van der Waals surface area contributed by atoms with Gasteiger partial charge in [-0.25, -0.2) is 4.79 Å². The predicted octanol–water partition coefficient (Wildman–Crippen LogP) is 0.825. The highest BCUT2D eigenvalue weighted by atomic mass is 16.5. The summed E-state index contributed by atoms with van der Waals surface area (Å²) in [5.74, 6) is 0. The molecule has 1 fully saturated rings. The minimum atomic E-state index is -0.318. The second-order valence-corrected chi connectivity index (χ2v) is 3.69. The standard InChI is InChI=1S/C9H18N2O2/c1-7-6-8(4-5-11(7)2)10-9(12)13-3/h7-8H,4-6H2,1-3H3,(H,10,12). The Hall–Kier alpha value is -0.770. The quantitative estimate of drug-likeness (QED) is 0.659. The van der Waals surface area contributed by atoms with Crippen LogP contribution in [0.1, 0.15) is 19.8 Å². The summed E-state index contributed by atoms with van der Waals surface area (Å²) in [4.78, 5) is 13.2. The Morgan fingerprint density at radius 1 is 1.62 bits per heavy atom. The molecule has 4 heteroatoms. The van der Waals surface area contributed by atoms with Crippen molar-refractivity contribution in [3.63, 3.8) is 0 Å². The van der Waals surface area contributed by atoms with E-state index < -0.39 is 0 Å². The zero-order valence-electron chi connectivity index (χ0n) is 8.54. The van der Waals surface area contributed by atoms with Crippen LogP contribution in [0.15, 0.2) is 0 Å². The third kappa shape index (κ3) is 2.88. The van der Waals surface area contributed by atoms with Crippen molar-refractivity contribution >= 4 is 6.09 Å². The molecule has 76 valence electrons. The van der Waals surface area contributed by atoms with Gasteiger partial charge >= 0.3 is 6.09 Å². The number of methoxy groups -OCH3 is 1. The van der Waals surface area contributed by atoms with Gasteiger partial charge in [-0.3, -0.25) is 0 Å². The average molecular weight is 186 g/mol. The highest BCUT2D eigenvalue weighted by molar-refractivity contribution is 5.67. The van der Waals surface area contributed by atoms with Crippen LogP contribution in [0.2, 0.25) is 0 Å². The van der Waals surface area contributed by atoms with Gasteiger partial charge < -0.3 is 15.0 Å². The van der Waals surface area contributed by atoms with Crippen LogP contribution in [0.5, 0.6) is 0 Å². The highest BCUT2D eigenvalue weighted by Gasteiger charge is 2.23. The number of rotatable bonds is 1. The van der Waals surface area contributed by atoms with E-state index in [1.165, 1.54) is 7.11 Å². The van der Waals surface area contributed by atoms with E-state index in [1.54, 1.807) is 0 Å². The van der Waals surface area contributed by atoms with Crippen molar-refractivity contribution in [3.05, 3.63) is 0 Å². The Morgan fingerprint density at radius 3 is 2.85 bits per heavy atom. The van der Waals surface area contributed by atoms with Crippen molar-refractivity contribution < 1.29 is 9.53 Å². The number of hydrogen-bond acceptors (Lipinski definition) is 3. The maximum Gasteiger partial charge on any atom is 0.407 e. The SMILES string of the molecule is COC(=O)NC1CCN(C)C(C)C1. The summed E-state index contributed by atoms with van der Waals surface area (Å²) in [5.41, 5.74) is 0. The molecule has 0 aromatic heterocycles. The Morgan fingerprint density at radius 2 is 2.31 bits per heavy atom. The number of alkyl carbamates (subject to hydrolysis) is 1. The highest BCUT2D eigenvalue weighted by Crippen LogP contribution is 2.15. The first-order valence-electron chi connectivity index (χ1n) is 4.68. The lowest BCUT2D eigenvalue weighted by Crippen LogP contribution is -2.47. The van der Waals surface area contributed by atoms with E-state index in [9.17, 15) is 4.79 Å². The summed E-state index contributed by atoms with van der Waals surface area (Å²) in [7, 11) is 3.51. The van der Waals surface area contributed by atoms with Crippen LogP contribution in [0.25, 0.3) is 0 Å². The van der Waals surface area contributed by atoms with Crippen molar-refractivity contribution in [1.82, 2.24) is 10.2 Å². The summed E-state index contributed by atoms with van der Waals surface area (Å²) < 4.78 is 4.55. The Bertz CT molecular complexity index is 184. The van der Waals surface area contributed by atoms with E-state index >= 15 is 0 Å². The second-order valence-electron chi connectivity index (χ2n) is 3.69. The molecule has 0 spiro atoms. The van der Waals surface area contributed by atoms with Crippen molar-refractivity contribution in [2.75, 3.05) is 20.7 Å². The van der Waals surface area contributed by atoms with Gasteiger partial charge in [0.1, 0.15) is 0 Å². The molecule has 0 bridgehead atoms. The largest absolute Gasteiger partial charge is 0.453 e. The monoisotopic (exact) mass is 186 g/mol. The van der Waals surface area contributed by atoms with Crippen LogP contribution in [0, 0.1) is 0 Å². The molecule has 2 atom stereocenters. The van der Waals surface area contributed by atoms with Gasteiger partial charge in [-0.1, -0.05) is 0 Å². The third-order valence-electron chi connectivity index (χ3n) is 2.72. The van der Waals surface area contributed by atoms with Gasteiger partial charge in [0, 0.05) is 18.6 Å². The van der Waals surface area contributed by atoms with E-state index in [4.69, 9.17) is 0 Å². The maximum absolute atomic E-state index is 10.9. The summed E-state index contributed by atoms with van der Waals surface area (Å²) in [6.07, 6.45) is 1.70. The number of nitrogens with one attached hydrogen (secondary N) is 1. The number of carbonyl (C=O) groups excluding carboxylic acids is 1. The van der Waals surface area contributed by atoms with Gasteiger partial charge in [-0.15, -0.1) is 0 Å². The summed E-state index contributed by atoms with van der Waals surface area (Å²) >= 11 is 0. The summed E-state index contributed by atoms with van der Waals surface area (Å²) in [6, 6.07) is 0.814. The minimum absolute atomic E-state index is 0.277. The molecule has 0 radical (unpaired) electrons. The first-order chi connectivity index (χ1) is 6.13. The maximum atomic E-state index is 10.9. The zero-order chi connectivity index (χ0) is 9.84. The Labute approximate surface area is 79.2 Å². The fourth-order valence-corrected chi connectivity index (χ4v) is 1.65. The summed E-state index contributed by atoms with van der Waals surface area (Å²) in [5, 5.41) is 2.83. The van der Waals surface area contributed by atoms with Gasteiger partial charge in [0.25, 0.3) is 0 Å². The van der Waals surface area contributed by atoms with Gasteiger partial charge in [-0.2, -0.15) is 0 Å². The molecule has 13 heavy (non-hydrogen) atoms.